The van der Waals surface area contributed by atoms with E-state index in [1.54, 1.807) is 17.5 Å². The Morgan fingerprint density at radius 1 is 1.22 bits per heavy atom. The third-order valence-electron chi connectivity index (χ3n) is 4.61. The maximum Gasteiger partial charge on any atom is 0.275 e. The highest BCUT2D eigenvalue weighted by Gasteiger charge is 2.16. The Labute approximate surface area is 167 Å². The number of benzene rings is 1. The molecule has 2 aromatic heterocycles. The number of aromatic nitrogens is 2. The highest BCUT2D eigenvalue weighted by atomic mass is 35.5. The Balaban J connectivity index is 1.49. The van der Waals surface area contributed by atoms with Crippen LogP contribution < -0.4 is 10.2 Å². The van der Waals surface area contributed by atoms with Crippen molar-refractivity contribution in [1.29, 1.82) is 0 Å². The largest absolute Gasteiger partial charge is 0.357 e. The van der Waals surface area contributed by atoms with E-state index in [0.717, 1.165) is 35.0 Å². The van der Waals surface area contributed by atoms with E-state index in [9.17, 15) is 4.79 Å². The molecule has 3 aromatic rings. The molecular formula is C20H19ClN4OS. The zero-order chi connectivity index (χ0) is 18.8. The monoisotopic (exact) mass is 398 g/mol. The van der Waals surface area contributed by atoms with Crippen molar-refractivity contribution in [3.05, 3.63) is 58.2 Å². The molecule has 0 spiro atoms. The van der Waals surface area contributed by atoms with Gasteiger partial charge < -0.3 is 10.2 Å². The van der Waals surface area contributed by atoms with Crippen molar-refractivity contribution < 1.29 is 4.79 Å². The van der Waals surface area contributed by atoms with Crippen molar-refractivity contribution in [1.82, 2.24) is 9.97 Å². The van der Waals surface area contributed by atoms with E-state index in [1.165, 1.54) is 24.2 Å². The van der Waals surface area contributed by atoms with Crippen LogP contribution in [0.5, 0.6) is 0 Å². The lowest BCUT2D eigenvalue weighted by Crippen LogP contribution is -2.18. The van der Waals surface area contributed by atoms with Crippen LogP contribution in [0.3, 0.4) is 0 Å². The molecule has 27 heavy (non-hydrogen) atoms. The molecule has 1 N–H and O–H groups in total. The number of aryl methyl sites for hydroxylation is 1. The summed E-state index contributed by atoms with van der Waals surface area (Å²) in [7, 11) is 0. The molecule has 3 heterocycles. The van der Waals surface area contributed by atoms with E-state index < -0.39 is 0 Å². The molecular weight excluding hydrogens is 380 g/mol. The van der Waals surface area contributed by atoms with Crippen LogP contribution in [-0.4, -0.2) is 29.0 Å². The molecule has 1 saturated heterocycles. The summed E-state index contributed by atoms with van der Waals surface area (Å²) in [5.41, 5.74) is 2.95. The lowest BCUT2D eigenvalue weighted by atomic mass is 10.2. The van der Waals surface area contributed by atoms with E-state index in [1.807, 2.05) is 31.3 Å². The average Bonchev–Trinajstić information content (AvgIpc) is 3.37. The number of carbonyl (C=O) groups is 1. The number of amides is 1. The Morgan fingerprint density at radius 3 is 2.78 bits per heavy atom. The average molecular weight is 399 g/mol. The lowest BCUT2D eigenvalue weighted by molar-refractivity contribution is 0.102. The van der Waals surface area contributed by atoms with E-state index in [2.05, 4.69) is 20.2 Å². The summed E-state index contributed by atoms with van der Waals surface area (Å²) in [5, 5.41) is 6.00. The molecule has 0 saturated carbocycles. The summed E-state index contributed by atoms with van der Waals surface area (Å²) in [6.45, 7) is 4.06. The predicted molar refractivity (Wildman–Crippen MR) is 111 cm³/mol. The number of nitrogens with zero attached hydrogens (tertiary/aromatic N) is 3. The number of hydrogen-bond acceptors (Lipinski definition) is 5. The molecule has 0 bridgehead atoms. The maximum absolute atomic E-state index is 12.5. The number of pyridine rings is 1. The maximum atomic E-state index is 12.5. The second-order valence-corrected chi connectivity index (χ2v) is 7.85. The summed E-state index contributed by atoms with van der Waals surface area (Å²) in [5.74, 6) is 0.756. The Kier molecular flexibility index (Phi) is 5.09. The number of rotatable bonds is 4. The number of nitrogens with one attached hydrogen (secondary N) is 1. The van der Waals surface area contributed by atoms with Gasteiger partial charge in [-0.2, -0.15) is 0 Å². The van der Waals surface area contributed by atoms with Crippen molar-refractivity contribution in [2.75, 3.05) is 23.3 Å². The number of halogens is 1. The van der Waals surface area contributed by atoms with Crippen LogP contribution >= 0.6 is 22.9 Å². The zero-order valence-electron chi connectivity index (χ0n) is 14.9. The Morgan fingerprint density at radius 2 is 2.04 bits per heavy atom. The molecule has 0 unspecified atom stereocenters. The first-order chi connectivity index (χ1) is 13.1. The number of hydrogen-bond donors (Lipinski definition) is 1. The van der Waals surface area contributed by atoms with Crippen LogP contribution in [0.4, 0.5) is 11.5 Å². The third-order valence-corrected chi connectivity index (χ3v) is 5.74. The molecule has 7 heteroatoms. The van der Waals surface area contributed by atoms with Crippen molar-refractivity contribution in [2.24, 2.45) is 0 Å². The minimum absolute atomic E-state index is 0.246. The lowest BCUT2D eigenvalue weighted by Gasteiger charge is -2.15. The molecule has 1 aliphatic heterocycles. The fourth-order valence-electron chi connectivity index (χ4n) is 3.07. The van der Waals surface area contributed by atoms with Crippen molar-refractivity contribution >= 4 is 40.4 Å². The van der Waals surface area contributed by atoms with Gasteiger partial charge in [-0.3, -0.25) is 4.79 Å². The quantitative estimate of drug-likeness (QED) is 0.670. The van der Waals surface area contributed by atoms with Crippen LogP contribution in [0.1, 0.15) is 28.9 Å². The predicted octanol–water partition coefficient (Wildman–Crippen LogP) is 5.02. The molecule has 1 fully saturated rings. The van der Waals surface area contributed by atoms with E-state index in [4.69, 9.17) is 11.6 Å². The van der Waals surface area contributed by atoms with E-state index in [0.29, 0.717) is 16.4 Å². The highest BCUT2D eigenvalue weighted by Crippen LogP contribution is 2.27. The van der Waals surface area contributed by atoms with Gasteiger partial charge in [-0.25, -0.2) is 9.97 Å². The zero-order valence-corrected chi connectivity index (χ0v) is 16.5. The molecule has 1 aromatic carbocycles. The topological polar surface area (TPSA) is 58.1 Å². The SMILES string of the molecule is Cc1ccc(Cl)cc1NC(=O)c1csc(-c2ccc(N3CCCC3)nc2)n1. The van der Waals surface area contributed by atoms with Crippen molar-refractivity contribution in [2.45, 2.75) is 19.8 Å². The van der Waals surface area contributed by atoms with Crippen LogP contribution in [0.15, 0.2) is 41.9 Å². The van der Waals surface area contributed by atoms with Gasteiger partial charge in [0, 0.05) is 40.9 Å². The van der Waals surface area contributed by atoms with E-state index >= 15 is 0 Å². The normalized spacial score (nSPS) is 13.8. The van der Waals surface area contributed by atoms with Gasteiger partial charge in [0.05, 0.1) is 0 Å². The summed E-state index contributed by atoms with van der Waals surface area (Å²) in [6, 6.07) is 9.45. The van der Waals surface area contributed by atoms with Gasteiger partial charge in [-0.1, -0.05) is 17.7 Å². The molecule has 5 nitrogen and oxygen atoms in total. The summed E-state index contributed by atoms with van der Waals surface area (Å²) in [4.78, 5) is 23.8. The Hall–Kier alpha value is -2.44. The number of thiazole rings is 1. The first-order valence-corrected chi connectivity index (χ1v) is 10.1. The van der Waals surface area contributed by atoms with Gasteiger partial charge in [0.1, 0.15) is 16.5 Å². The third kappa shape index (κ3) is 3.96. The number of carbonyl (C=O) groups excluding carboxylic acids is 1. The van der Waals surface area contributed by atoms with Gasteiger partial charge in [0.15, 0.2) is 0 Å². The second-order valence-electron chi connectivity index (χ2n) is 6.55. The molecule has 0 atom stereocenters. The van der Waals surface area contributed by atoms with Gasteiger partial charge >= 0.3 is 0 Å². The first-order valence-electron chi connectivity index (χ1n) is 8.84. The molecule has 1 amide bonds. The van der Waals surface area contributed by atoms with Gasteiger partial charge in [-0.15, -0.1) is 11.3 Å². The number of anilines is 2. The fraction of sp³-hybridized carbons (Fsp3) is 0.250. The van der Waals surface area contributed by atoms with Crippen molar-refractivity contribution in [3.8, 4) is 10.6 Å². The van der Waals surface area contributed by atoms with Crippen LogP contribution in [0.25, 0.3) is 10.6 Å². The molecule has 0 aliphatic carbocycles. The van der Waals surface area contributed by atoms with Crippen LogP contribution in [-0.2, 0) is 0 Å². The molecule has 1 aliphatic rings. The Bertz CT molecular complexity index is 964. The van der Waals surface area contributed by atoms with Gasteiger partial charge in [0.2, 0.25) is 0 Å². The minimum Gasteiger partial charge on any atom is -0.357 e. The van der Waals surface area contributed by atoms with Crippen molar-refractivity contribution in [3.63, 3.8) is 0 Å². The molecule has 138 valence electrons. The second kappa shape index (κ2) is 7.66. The smallest absolute Gasteiger partial charge is 0.275 e. The molecule has 4 rings (SSSR count). The summed E-state index contributed by atoms with van der Waals surface area (Å²) >= 11 is 7.45. The van der Waals surface area contributed by atoms with Gasteiger partial charge in [0.25, 0.3) is 5.91 Å². The van der Waals surface area contributed by atoms with E-state index in [-0.39, 0.29) is 5.91 Å². The summed E-state index contributed by atoms with van der Waals surface area (Å²) < 4.78 is 0. The van der Waals surface area contributed by atoms with Crippen LogP contribution in [0, 0.1) is 6.92 Å². The fourth-order valence-corrected chi connectivity index (χ4v) is 4.03. The minimum atomic E-state index is -0.246. The standard InChI is InChI=1S/C20H19ClN4OS/c1-13-4-6-15(21)10-16(13)23-19(26)17-12-27-20(24-17)14-5-7-18(22-11-14)25-8-2-3-9-25/h4-7,10-12H,2-3,8-9H2,1H3,(H,23,26). The summed E-state index contributed by atoms with van der Waals surface area (Å²) in [6.07, 6.45) is 4.27. The van der Waals surface area contributed by atoms with Gasteiger partial charge in [-0.05, 0) is 49.6 Å². The molecule has 0 radical (unpaired) electrons. The van der Waals surface area contributed by atoms with Crippen LogP contribution in [0.2, 0.25) is 5.02 Å². The highest BCUT2D eigenvalue weighted by molar-refractivity contribution is 7.13. The first kappa shape index (κ1) is 17.9.